The Bertz CT molecular complexity index is 3010. The molecule has 0 radical (unpaired) electrons. The number of anilines is 2. The minimum atomic E-state index is -0.859. The topological polar surface area (TPSA) is 194 Å². The van der Waals surface area contributed by atoms with E-state index in [4.69, 9.17) is 10.1 Å². The first-order valence-electron chi connectivity index (χ1n) is 27.8. The zero-order chi connectivity index (χ0) is 54.8. The third kappa shape index (κ3) is 14.1. The second-order valence-corrected chi connectivity index (χ2v) is 23.0. The van der Waals surface area contributed by atoms with E-state index in [1.165, 1.54) is 11.0 Å². The number of aliphatic hydroxyl groups is 1. The van der Waals surface area contributed by atoms with Gasteiger partial charge in [0.25, 0.3) is 0 Å². The number of nitrogens with zero attached hydrogens (tertiary/aromatic N) is 9. The average molecular weight is 1080 g/mol. The van der Waals surface area contributed by atoms with Crippen molar-refractivity contribution in [3.8, 4) is 21.8 Å². The molecule has 0 spiro atoms. The highest BCUT2D eigenvalue weighted by atomic mass is 32.1. The number of likely N-dealkylation sites (tertiary alicyclic amines) is 1. The molecule has 0 unspecified atom stereocenters. The maximum absolute atomic E-state index is 14.1. The number of piperazine rings is 1. The van der Waals surface area contributed by atoms with Crippen molar-refractivity contribution in [2.75, 3.05) is 62.2 Å². The van der Waals surface area contributed by atoms with Crippen molar-refractivity contribution in [1.82, 2.24) is 50.3 Å². The second-order valence-electron chi connectivity index (χ2n) is 22.2. The largest absolute Gasteiger partial charge is 0.391 e. The minimum absolute atomic E-state index is 0.0275. The number of aliphatic hydroxyl groups excluding tert-OH is 1. The maximum Gasteiger partial charge on any atom is 0.246 e. The molecule has 9 rings (SSSR count). The number of unbranched alkanes of at least 4 members (excludes halogenated alkanes) is 6. The molecule has 0 bridgehead atoms. The standard InChI is InChI=1S/C59H75FN12O5S/c1-40-55(78-39-64-40)42-23-21-41(22-24-42)35-63-57(76)48-34-45(73)37-71(48)58(77)56(59(2,3)4)66-53(74)20-10-8-6-5-7-9-11-27-61-54(75)38-68-29-31-69(32-30-68)51-19-13-17-46(65-51)49-36-62-50-25-26-52(67-72(49)50)70-28-14-18-47(70)43-15-12-16-44(60)33-43/h12-13,15-17,19,21-26,33,36,39,45,47-48,56,73H,5-11,14,18,20,27-32,34-35,37-38H2,1-4H3,(H,61,75)(H,63,76)(H,66,74)/t45-,47-,48+,56-/m1/s1. The van der Waals surface area contributed by atoms with Crippen LogP contribution in [0.1, 0.15) is 114 Å². The van der Waals surface area contributed by atoms with Crippen molar-refractivity contribution >= 4 is 52.2 Å². The van der Waals surface area contributed by atoms with Crippen LogP contribution in [-0.2, 0) is 25.7 Å². The molecule has 17 nitrogen and oxygen atoms in total. The van der Waals surface area contributed by atoms with Crippen molar-refractivity contribution in [1.29, 1.82) is 0 Å². The Balaban J connectivity index is 0.636. The highest BCUT2D eigenvalue weighted by Crippen LogP contribution is 2.36. The number of hydrogen-bond acceptors (Lipinski definition) is 13. The first-order valence-corrected chi connectivity index (χ1v) is 28.7. The van der Waals surface area contributed by atoms with Gasteiger partial charge in [-0.3, -0.25) is 24.1 Å². The lowest BCUT2D eigenvalue weighted by molar-refractivity contribution is -0.144. The predicted molar refractivity (Wildman–Crippen MR) is 302 cm³/mol. The van der Waals surface area contributed by atoms with Crippen LogP contribution in [0.2, 0.25) is 0 Å². The van der Waals surface area contributed by atoms with Gasteiger partial charge in [-0.15, -0.1) is 16.4 Å². The van der Waals surface area contributed by atoms with E-state index in [1.807, 2.05) is 105 Å². The van der Waals surface area contributed by atoms with Gasteiger partial charge >= 0.3 is 0 Å². The predicted octanol–water partition coefficient (Wildman–Crippen LogP) is 7.87. The Morgan fingerprint density at radius 2 is 1.59 bits per heavy atom. The molecule has 4 N–H and O–H groups in total. The number of thiazole rings is 1. The fraction of sp³-hybridized carbons (Fsp3) is 0.492. The summed E-state index contributed by atoms with van der Waals surface area (Å²) in [5.41, 5.74) is 7.39. The smallest absolute Gasteiger partial charge is 0.246 e. The molecular weight excluding hydrogens is 1010 g/mol. The molecule has 0 saturated carbocycles. The number of rotatable bonds is 22. The van der Waals surface area contributed by atoms with E-state index < -0.39 is 23.6 Å². The number of imidazole rings is 1. The molecule has 4 amide bonds. The number of halogens is 1. The van der Waals surface area contributed by atoms with Crippen LogP contribution in [0.4, 0.5) is 16.0 Å². The molecule has 6 aromatic rings. The SMILES string of the molecule is Cc1ncsc1-c1ccc(CNC(=O)[C@@H]2C[C@@H](O)CN2C(=O)[C@@H](NC(=O)CCCCCCCCCNC(=O)CN2CCN(c3cccc(-c4cnc5ccc(N6CCC[C@@H]6c6cccc(F)c6)nn45)n3)CC2)C(C)(C)C)cc1. The van der Waals surface area contributed by atoms with Gasteiger partial charge in [-0.25, -0.2) is 23.9 Å². The molecular formula is C59H75FN12O5S. The molecule has 3 aliphatic rings. The number of carbonyl (C=O) groups excluding carboxylic acids is 4. The number of pyridine rings is 1. The lowest BCUT2D eigenvalue weighted by Gasteiger charge is -2.35. The van der Waals surface area contributed by atoms with Crippen LogP contribution < -0.4 is 25.8 Å². The Labute approximate surface area is 461 Å². The van der Waals surface area contributed by atoms with Crippen LogP contribution in [0.25, 0.3) is 27.5 Å². The summed E-state index contributed by atoms with van der Waals surface area (Å²) >= 11 is 1.58. The van der Waals surface area contributed by atoms with Gasteiger partial charge in [0.05, 0.1) is 46.7 Å². The molecule has 4 atom stereocenters. The van der Waals surface area contributed by atoms with Crippen LogP contribution in [0, 0.1) is 18.2 Å². The van der Waals surface area contributed by atoms with Gasteiger partial charge < -0.3 is 35.8 Å². The van der Waals surface area contributed by atoms with Crippen molar-refractivity contribution in [2.24, 2.45) is 5.41 Å². The van der Waals surface area contributed by atoms with Gasteiger partial charge in [-0.1, -0.05) is 95.3 Å². The highest BCUT2D eigenvalue weighted by molar-refractivity contribution is 7.13. The van der Waals surface area contributed by atoms with Crippen molar-refractivity contribution in [2.45, 2.75) is 129 Å². The number of β-amino-alcohol motifs (C(OH)–C–C–N with tert-alkyl or cyclic N) is 1. The number of aromatic nitrogens is 5. The Morgan fingerprint density at radius 3 is 2.33 bits per heavy atom. The average Bonchev–Trinajstić information content (AvgIpc) is 4.35. The normalized spacial score (nSPS) is 18.4. The van der Waals surface area contributed by atoms with Gasteiger partial charge in [-0.2, -0.15) is 0 Å². The van der Waals surface area contributed by atoms with Crippen LogP contribution in [0.15, 0.2) is 90.6 Å². The van der Waals surface area contributed by atoms with Gasteiger partial charge in [0.15, 0.2) is 5.65 Å². The summed E-state index contributed by atoms with van der Waals surface area (Å²) in [4.78, 5) is 76.9. The monoisotopic (exact) mass is 1080 g/mol. The molecule has 2 aromatic carbocycles. The van der Waals surface area contributed by atoms with E-state index in [-0.39, 0.29) is 55.0 Å². The first-order chi connectivity index (χ1) is 37.7. The Morgan fingerprint density at radius 1 is 0.833 bits per heavy atom. The number of nitrogens with one attached hydrogen (secondary N) is 3. The third-order valence-corrected chi connectivity index (χ3v) is 16.3. The van der Waals surface area contributed by atoms with Crippen molar-refractivity contribution in [3.63, 3.8) is 0 Å². The molecule has 3 fully saturated rings. The van der Waals surface area contributed by atoms with Gasteiger partial charge in [0, 0.05) is 65.2 Å². The molecule has 3 saturated heterocycles. The second kappa shape index (κ2) is 25.8. The van der Waals surface area contributed by atoms with Crippen molar-refractivity contribution in [3.05, 3.63) is 113 Å². The van der Waals surface area contributed by atoms with E-state index in [1.54, 1.807) is 23.5 Å². The van der Waals surface area contributed by atoms with Gasteiger partial charge in [0.1, 0.15) is 35.2 Å². The minimum Gasteiger partial charge on any atom is -0.391 e. The first kappa shape index (κ1) is 55.9. The van der Waals surface area contributed by atoms with E-state index >= 15 is 0 Å². The van der Waals surface area contributed by atoms with E-state index in [9.17, 15) is 28.7 Å². The molecule has 0 aliphatic carbocycles. The summed E-state index contributed by atoms with van der Waals surface area (Å²) in [5, 5.41) is 24.7. The van der Waals surface area contributed by atoms with Crippen LogP contribution in [-0.4, -0.2) is 134 Å². The fourth-order valence-electron chi connectivity index (χ4n) is 11.0. The maximum atomic E-state index is 14.1. The van der Waals surface area contributed by atoms with Gasteiger partial charge in [0.2, 0.25) is 23.6 Å². The number of benzene rings is 2. The zero-order valence-corrected chi connectivity index (χ0v) is 46.3. The summed E-state index contributed by atoms with van der Waals surface area (Å²) < 4.78 is 16.0. The fourth-order valence-corrected chi connectivity index (χ4v) is 11.8. The summed E-state index contributed by atoms with van der Waals surface area (Å²) in [6, 6.07) is 23.1. The lowest BCUT2D eigenvalue weighted by Crippen LogP contribution is -2.57. The Kier molecular flexibility index (Phi) is 18.5. The number of carbonyl (C=O) groups is 4. The number of hydrogen-bond donors (Lipinski definition) is 4. The number of amides is 4. The van der Waals surface area contributed by atoms with Crippen LogP contribution >= 0.6 is 11.3 Å². The molecule has 19 heteroatoms. The summed E-state index contributed by atoms with van der Waals surface area (Å²) in [5.74, 6) is 0.583. The zero-order valence-electron chi connectivity index (χ0n) is 45.5. The molecule has 7 heterocycles. The van der Waals surface area contributed by atoms with E-state index in [0.717, 1.165) is 140 Å². The highest BCUT2D eigenvalue weighted by Gasteiger charge is 2.44. The Hall–Kier alpha value is -6.83. The van der Waals surface area contributed by atoms with Gasteiger partial charge in [-0.05, 0) is 91.1 Å². The molecule has 4 aromatic heterocycles. The van der Waals surface area contributed by atoms with E-state index in [2.05, 4.69) is 40.6 Å². The van der Waals surface area contributed by atoms with Crippen LogP contribution in [0.3, 0.4) is 0 Å². The van der Waals surface area contributed by atoms with E-state index in [0.29, 0.717) is 25.9 Å². The molecule has 78 heavy (non-hydrogen) atoms. The summed E-state index contributed by atoms with van der Waals surface area (Å²) in [6.45, 7) is 12.8. The third-order valence-electron chi connectivity index (χ3n) is 15.3. The molecule has 414 valence electrons. The molecule has 3 aliphatic heterocycles. The number of aryl methyl sites for hydroxylation is 1. The summed E-state index contributed by atoms with van der Waals surface area (Å²) in [6.07, 6.45) is 9.90. The van der Waals surface area contributed by atoms with Crippen molar-refractivity contribution < 1.29 is 28.7 Å². The quantitative estimate of drug-likeness (QED) is 0.0482. The summed E-state index contributed by atoms with van der Waals surface area (Å²) in [7, 11) is 0. The number of fused-ring (bicyclic) bond motifs is 1. The van der Waals surface area contributed by atoms with Crippen LogP contribution in [0.5, 0.6) is 0 Å². The lowest BCUT2D eigenvalue weighted by atomic mass is 9.85.